The van der Waals surface area contributed by atoms with Crippen LogP contribution in [0.3, 0.4) is 0 Å². The number of ether oxygens (including phenoxy) is 2. The molecule has 4 heterocycles. The third kappa shape index (κ3) is 4.34. The molecule has 1 saturated carbocycles. The molecule has 1 aliphatic rings. The van der Waals surface area contributed by atoms with Crippen molar-refractivity contribution >= 4 is 17.2 Å². The van der Waals surface area contributed by atoms with Gasteiger partial charge in [-0.05, 0) is 49.9 Å². The monoisotopic (exact) mass is 459 g/mol. The van der Waals surface area contributed by atoms with Crippen LogP contribution >= 0.6 is 0 Å². The Morgan fingerprint density at radius 2 is 1.88 bits per heavy atom. The molecule has 0 bridgehead atoms. The fourth-order valence-corrected chi connectivity index (χ4v) is 4.32. The van der Waals surface area contributed by atoms with Gasteiger partial charge < -0.3 is 20.5 Å². The van der Waals surface area contributed by atoms with Gasteiger partial charge in [-0.15, -0.1) is 0 Å². The van der Waals surface area contributed by atoms with Gasteiger partial charge in [0, 0.05) is 36.3 Å². The maximum Gasteiger partial charge on any atom is 0.253 e. The molecule has 0 unspecified atom stereocenters. The maximum absolute atomic E-state index is 13.3. The number of nitrogens with zero attached hydrogens (tertiary/aromatic N) is 5. The summed E-state index contributed by atoms with van der Waals surface area (Å²) in [4.78, 5) is 25.6. The van der Waals surface area contributed by atoms with Crippen molar-refractivity contribution in [3.63, 3.8) is 0 Å². The van der Waals surface area contributed by atoms with E-state index in [1.165, 1.54) is 6.33 Å². The largest absolute Gasteiger partial charge is 0.490 e. The second-order valence-corrected chi connectivity index (χ2v) is 8.18. The number of methoxy groups -OCH3 is 1. The van der Waals surface area contributed by atoms with Crippen molar-refractivity contribution in [2.45, 2.75) is 37.8 Å². The van der Waals surface area contributed by atoms with Gasteiger partial charge in [0.15, 0.2) is 5.82 Å². The predicted molar refractivity (Wildman–Crippen MR) is 126 cm³/mol. The smallest absolute Gasteiger partial charge is 0.253 e. The van der Waals surface area contributed by atoms with Gasteiger partial charge >= 0.3 is 0 Å². The first kappa shape index (κ1) is 21.6. The second kappa shape index (κ2) is 9.34. The number of pyridine rings is 2. The summed E-state index contributed by atoms with van der Waals surface area (Å²) in [6, 6.07) is 9.15. The fourth-order valence-electron chi connectivity index (χ4n) is 4.32. The third-order valence-corrected chi connectivity index (χ3v) is 6.03. The summed E-state index contributed by atoms with van der Waals surface area (Å²) >= 11 is 0. The van der Waals surface area contributed by atoms with Crippen molar-refractivity contribution in [1.29, 1.82) is 0 Å². The van der Waals surface area contributed by atoms with E-state index in [1.807, 2.05) is 18.2 Å². The van der Waals surface area contributed by atoms with E-state index < -0.39 is 0 Å². The van der Waals surface area contributed by atoms with Crippen molar-refractivity contribution in [3.05, 3.63) is 60.8 Å². The minimum atomic E-state index is -0.204. The number of nitrogen functional groups attached to an aromatic ring is 1. The Bertz CT molecular complexity index is 1300. The third-order valence-electron chi connectivity index (χ3n) is 6.03. The van der Waals surface area contributed by atoms with Gasteiger partial charge in [-0.1, -0.05) is 0 Å². The highest BCUT2D eigenvalue weighted by molar-refractivity contribution is 6.05. The number of carbonyl (C=O) groups excluding carboxylic acids is 1. The molecule has 0 radical (unpaired) electrons. The second-order valence-electron chi connectivity index (χ2n) is 8.18. The first-order chi connectivity index (χ1) is 16.6. The summed E-state index contributed by atoms with van der Waals surface area (Å²) in [6.45, 7) is 0. The quantitative estimate of drug-likeness (QED) is 0.450. The molecule has 0 spiro atoms. The average Bonchev–Trinajstić information content (AvgIpc) is 3.27. The van der Waals surface area contributed by atoms with Crippen LogP contribution in [-0.4, -0.2) is 49.7 Å². The minimum Gasteiger partial charge on any atom is -0.490 e. The molecular weight excluding hydrogens is 434 g/mol. The van der Waals surface area contributed by atoms with Gasteiger partial charge in [-0.25, -0.2) is 14.5 Å². The van der Waals surface area contributed by atoms with E-state index in [0.717, 1.165) is 37.0 Å². The summed E-state index contributed by atoms with van der Waals surface area (Å²) < 4.78 is 12.9. The molecule has 1 amide bonds. The molecular formula is C24H25N7O3. The zero-order valence-electron chi connectivity index (χ0n) is 18.7. The Balaban J connectivity index is 1.34. The Labute approximate surface area is 196 Å². The molecule has 174 valence electrons. The topological polar surface area (TPSA) is 130 Å². The summed E-state index contributed by atoms with van der Waals surface area (Å²) in [6.07, 6.45) is 9.95. The normalized spacial score (nSPS) is 17.9. The lowest BCUT2D eigenvalue weighted by Crippen LogP contribution is -2.39. The maximum atomic E-state index is 13.3. The molecule has 10 nitrogen and oxygen atoms in total. The number of carbonyl (C=O) groups is 1. The number of amides is 1. The number of nitrogens with two attached hydrogens (primary N) is 1. The van der Waals surface area contributed by atoms with Gasteiger partial charge in [-0.3, -0.25) is 9.78 Å². The van der Waals surface area contributed by atoms with Crippen LogP contribution in [0.2, 0.25) is 0 Å². The Morgan fingerprint density at radius 3 is 2.65 bits per heavy atom. The fraction of sp³-hybridized carbons (Fsp3) is 0.292. The highest BCUT2D eigenvalue weighted by Crippen LogP contribution is 2.30. The number of fused-ring (bicyclic) bond motifs is 1. The summed E-state index contributed by atoms with van der Waals surface area (Å²) in [7, 11) is 1.55. The number of aromatic nitrogens is 5. The first-order valence-electron chi connectivity index (χ1n) is 11.1. The van der Waals surface area contributed by atoms with E-state index in [2.05, 4.69) is 25.4 Å². The molecule has 5 rings (SSSR count). The molecule has 34 heavy (non-hydrogen) atoms. The van der Waals surface area contributed by atoms with Crippen molar-refractivity contribution in [2.75, 3.05) is 12.8 Å². The van der Waals surface area contributed by atoms with Crippen LogP contribution in [-0.2, 0) is 0 Å². The van der Waals surface area contributed by atoms with Crippen molar-refractivity contribution < 1.29 is 14.3 Å². The molecule has 1 fully saturated rings. The number of hydrogen-bond donors (Lipinski definition) is 2. The zero-order chi connectivity index (χ0) is 23.5. The lowest BCUT2D eigenvalue weighted by atomic mass is 9.92. The molecule has 0 aromatic carbocycles. The zero-order valence-corrected chi connectivity index (χ0v) is 18.7. The predicted octanol–water partition coefficient (Wildman–Crippen LogP) is 2.90. The van der Waals surface area contributed by atoms with E-state index in [9.17, 15) is 4.79 Å². The van der Waals surface area contributed by atoms with Crippen LogP contribution in [0.1, 0.15) is 36.0 Å². The molecule has 4 aromatic heterocycles. The van der Waals surface area contributed by atoms with Crippen molar-refractivity contribution in [2.24, 2.45) is 0 Å². The van der Waals surface area contributed by atoms with Gasteiger partial charge in [0.05, 0.1) is 24.5 Å². The number of rotatable bonds is 6. The van der Waals surface area contributed by atoms with Crippen LogP contribution in [0, 0.1) is 0 Å². The Hall–Kier alpha value is -4.21. The molecule has 10 heteroatoms. The number of hydrogen-bond acceptors (Lipinski definition) is 8. The number of anilines is 1. The van der Waals surface area contributed by atoms with E-state index >= 15 is 0 Å². The first-order valence-corrected chi connectivity index (χ1v) is 11.1. The molecule has 1 aliphatic carbocycles. The van der Waals surface area contributed by atoms with Gasteiger partial charge in [0.25, 0.3) is 5.91 Å². The molecule has 4 aromatic rings. The van der Waals surface area contributed by atoms with Crippen molar-refractivity contribution in [1.82, 2.24) is 29.9 Å². The molecule has 0 aliphatic heterocycles. The summed E-state index contributed by atoms with van der Waals surface area (Å²) in [5.74, 6) is 1.32. The van der Waals surface area contributed by atoms with E-state index in [0.29, 0.717) is 22.7 Å². The van der Waals surface area contributed by atoms with Crippen LogP contribution in [0.25, 0.3) is 16.8 Å². The van der Waals surface area contributed by atoms with E-state index in [4.69, 9.17) is 15.2 Å². The highest BCUT2D eigenvalue weighted by Gasteiger charge is 2.26. The van der Waals surface area contributed by atoms with Gasteiger partial charge in [0.2, 0.25) is 5.88 Å². The molecule has 3 N–H and O–H groups in total. The van der Waals surface area contributed by atoms with Crippen LogP contribution in [0.4, 0.5) is 5.82 Å². The SMILES string of the molecule is COc1cc(-c2cc(C(=O)NC3CCC(Oc4ccncc4)CC3)c3c(N)ncnn23)ccn1. The van der Waals surface area contributed by atoms with E-state index in [-0.39, 0.29) is 23.9 Å². The summed E-state index contributed by atoms with van der Waals surface area (Å²) in [5.41, 5.74) is 8.56. The van der Waals surface area contributed by atoms with Crippen molar-refractivity contribution in [3.8, 4) is 22.9 Å². The molecule has 0 atom stereocenters. The van der Waals surface area contributed by atoms with Crippen LogP contribution in [0.5, 0.6) is 11.6 Å². The van der Waals surface area contributed by atoms with Crippen LogP contribution < -0.4 is 20.5 Å². The lowest BCUT2D eigenvalue weighted by molar-refractivity contribution is 0.0895. The average molecular weight is 460 g/mol. The highest BCUT2D eigenvalue weighted by atomic mass is 16.5. The summed E-state index contributed by atoms with van der Waals surface area (Å²) in [5, 5.41) is 7.50. The van der Waals surface area contributed by atoms with E-state index in [1.54, 1.807) is 42.3 Å². The van der Waals surface area contributed by atoms with Gasteiger partial charge in [-0.2, -0.15) is 5.10 Å². The Kier molecular flexibility index (Phi) is 5.94. The van der Waals surface area contributed by atoms with Gasteiger partial charge in [0.1, 0.15) is 17.6 Å². The van der Waals surface area contributed by atoms with Crippen LogP contribution in [0.15, 0.2) is 55.2 Å². The molecule has 0 saturated heterocycles. The number of nitrogens with one attached hydrogen (secondary N) is 1. The Morgan fingerprint density at radius 1 is 1.09 bits per heavy atom. The standard InChI is InChI=1S/C24H25N7O3/c1-33-21-12-15(6-11-27-21)20-13-19(22-23(25)28-14-29-31(20)22)24(32)30-16-2-4-17(5-3-16)34-18-7-9-26-10-8-18/h6-14,16-17H,2-5H2,1H3,(H,30,32)(H2,25,28,29). The lowest BCUT2D eigenvalue weighted by Gasteiger charge is -2.29. The minimum absolute atomic E-state index is 0.0510.